The zero-order valence-corrected chi connectivity index (χ0v) is 19.6. The van der Waals surface area contributed by atoms with Crippen molar-refractivity contribution in [3.63, 3.8) is 0 Å². The van der Waals surface area contributed by atoms with Crippen molar-refractivity contribution in [2.45, 2.75) is 31.3 Å². The Morgan fingerprint density at radius 1 is 1.30 bits per heavy atom. The monoisotopic (exact) mass is 467 g/mol. The summed E-state index contributed by atoms with van der Waals surface area (Å²) in [4.78, 5) is 16.1. The van der Waals surface area contributed by atoms with E-state index in [-0.39, 0.29) is 5.92 Å². The van der Waals surface area contributed by atoms with Gasteiger partial charge in [-0.15, -0.1) is 0 Å². The van der Waals surface area contributed by atoms with Crippen LogP contribution in [0.4, 0.5) is 4.79 Å². The minimum Gasteiger partial charge on any atom is -0.453 e. The molecule has 1 amide bonds. The van der Waals surface area contributed by atoms with E-state index in [2.05, 4.69) is 26.4 Å². The molecule has 174 valence electrons. The van der Waals surface area contributed by atoms with Crippen molar-refractivity contribution in [2.24, 2.45) is 5.92 Å². The number of nitrogens with zero attached hydrogens (tertiary/aromatic N) is 1. The topological polar surface area (TPSA) is 83.5 Å². The third kappa shape index (κ3) is 5.13. The second-order valence-electron chi connectivity index (χ2n) is 8.57. The predicted octanol–water partition coefficient (Wildman–Crippen LogP) is 4.88. The van der Waals surface area contributed by atoms with Crippen LogP contribution in [0.2, 0.25) is 5.02 Å². The first kappa shape index (κ1) is 23.5. The first-order valence-corrected chi connectivity index (χ1v) is 11.8. The first-order chi connectivity index (χ1) is 16.0. The molecule has 2 heterocycles. The van der Waals surface area contributed by atoms with Crippen LogP contribution in [0.1, 0.15) is 31.2 Å². The number of para-hydroxylation sites is 1. The maximum atomic E-state index is 12.2. The molecule has 0 radical (unpaired) electrons. The molecule has 7 heteroatoms. The maximum absolute atomic E-state index is 12.2. The van der Waals surface area contributed by atoms with Gasteiger partial charge in [-0.3, -0.25) is 4.98 Å². The largest absolute Gasteiger partial charge is 0.453 e. The highest BCUT2D eigenvalue weighted by Gasteiger charge is 2.40. The van der Waals surface area contributed by atoms with Crippen LogP contribution in [0.3, 0.4) is 0 Å². The highest BCUT2D eigenvalue weighted by Crippen LogP contribution is 2.45. The van der Waals surface area contributed by atoms with Crippen molar-refractivity contribution in [1.29, 1.82) is 0 Å². The summed E-state index contributed by atoms with van der Waals surface area (Å²) in [6, 6.07) is 15.7. The van der Waals surface area contributed by atoms with Gasteiger partial charge < -0.3 is 20.5 Å². The van der Waals surface area contributed by atoms with Gasteiger partial charge in [-0.1, -0.05) is 41.9 Å². The van der Waals surface area contributed by atoms with Crippen LogP contribution in [0.5, 0.6) is 0 Å². The molecule has 1 unspecified atom stereocenters. The van der Waals surface area contributed by atoms with Crippen LogP contribution in [0.15, 0.2) is 54.7 Å². The van der Waals surface area contributed by atoms with E-state index in [1.807, 2.05) is 48.7 Å². The fourth-order valence-corrected chi connectivity index (χ4v) is 5.11. The van der Waals surface area contributed by atoms with Crippen LogP contribution in [0.25, 0.3) is 22.0 Å². The van der Waals surface area contributed by atoms with Crippen LogP contribution < -0.4 is 10.6 Å². The van der Waals surface area contributed by atoms with Gasteiger partial charge >= 0.3 is 6.09 Å². The lowest BCUT2D eigenvalue weighted by Gasteiger charge is -2.40. The van der Waals surface area contributed by atoms with Crippen molar-refractivity contribution in [3.05, 3.63) is 65.3 Å². The molecule has 0 spiro atoms. The number of methoxy groups -OCH3 is 1. The van der Waals surface area contributed by atoms with Gasteiger partial charge in [0, 0.05) is 46.7 Å². The number of hydrogen-bond acceptors (Lipinski definition) is 5. The number of aliphatic hydroxyl groups is 1. The molecular weight excluding hydrogens is 438 g/mol. The normalized spacial score (nSPS) is 18.0. The number of pyridine rings is 1. The lowest BCUT2D eigenvalue weighted by atomic mass is 9.72. The molecule has 0 bridgehead atoms. The third-order valence-corrected chi connectivity index (χ3v) is 6.84. The van der Waals surface area contributed by atoms with E-state index >= 15 is 0 Å². The van der Waals surface area contributed by atoms with Gasteiger partial charge in [0.1, 0.15) is 0 Å². The number of rotatable bonds is 7. The van der Waals surface area contributed by atoms with Gasteiger partial charge in [-0.05, 0) is 56.0 Å². The smallest absolute Gasteiger partial charge is 0.406 e. The van der Waals surface area contributed by atoms with Gasteiger partial charge in [0.25, 0.3) is 0 Å². The zero-order valence-electron chi connectivity index (χ0n) is 18.8. The average molecular weight is 468 g/mol. The molecule has 0 saturated carbocycles. The lowest BCUT2D eigenvalue weighted by Crippen LogP contribution is -2.45. The summed E-state index contributed by atoms with van der Waals surface area (Å²) >= 11 is 6.75. The number of aromatic nitrogens is 1. The Morgan fingerprint density at radius 2 is 2.15 bits per heavy atom. The van der Waals surface area contributed by atoms with E-state index in [9.17, 15) is 9.90 Å². The fourth-order valence-electron chi connectivity index (χ4n) is 4.82. The SMILES string of the molecule is COC(=O)NCCCC(O)(c1cccc(Cl)c1-c1cnc2ccccc2c1)[C@@H]1CCCNC1. The van der Waals surface area contributed by atoms with Gasteiger partial charge in [-0.2, -0.15) is 0 Å². The van der Waals surface area contributed by atoms with Gasteiger partial charge in [0.05, 0.1) is 18.2 Å². The summed E-state index contributed by atoms with van der Waals surface area (Å²) in [6.45, 7) is 2.10. The highest BCUT2D eigenvalue weighted by atomic mass is 35.5. The van der Waals surface area contributed by atoms with Gasteiger partial charge in [-0.25, -0.2) is 4.79 Å². The Hall–Kier alpha value is -2.67. The summed E-state index contributed by atoms with van der Waals surface area (Å²) in [6.07, 6.45) is 4.35. The second-order valence-corrected chi connectivity index (χ2v) is 8.98. The number of fused-ring (bicyclic) bond motifs is 1. The van der Waals surface area contributed by atoms with Crippen LogP contribution in [-0.4, -0.2) is 42.9 Å². The molecule has 4 rings (SSSR count). The summed E-state index contributed by atoms with van der Waals surface area (Å²) in [5.41, 5.74) is 2.29. The van der Waals surface area contributed by atoms with E-state index < -0.39 is 11.7 Å². The summed E-state index contributed by atoms with van der Waals surface area (Å²) in [5.74, 6) is 0.0232. The van der Waals surface area contributed by atoms with Crippen molar-refractivity contribution in [1.82, 2.24) is 15.6 Å². The Morgan fingerprint density at radius 3 is 2.94 bits per heavy atom. The van der Waals surface area contributed by atoms with Crippen molar-refractivity contribution in [2.75, 3.05) is 26.7 Å². The minimum atomic E-state index is -1.11. The van der Waals surface area contributed by atoms with Gasteiger partial charge in [0.2, 0.25) is 0 Å². The first-order valence-electron chi connectivity index (χ1n) is 11.4. The lowest BCUT2D eigenvalue weighted by molar-refractivity contribution is -0.0415. The van der Waals surface area contributed by atoms with Crippen molar-refractivity contribution in [3.8, 4) is 11.1 Å². The molecular formula is C26H30ClN3O3. The number of piperidine rings is 1. The number of carbonyl (C=O) groups is 1. The van der Waals surface area contributed by atoms with Crippen LogP contribution >= 0.6 is 11.6 Å². The number of alkyl carbamates (subject to hydrolysis) is 1. The van der Waals surface area contributed by atoms with E-state index in [0.29, 0.717) is 24.4 Å². The molecule has 2 aromatic carbocycles. The molecule has 1 fully saturated rings. The molecule has 0 aliphatic carbocycles. The predicted molar refractivity (Wildman–Crippen MR) is 131 cm³/mol. The molecule has 33 heavy (non-hydrogen) atoms. The average Bonchev–Trinajstić information content (AvgIpc) is 2.86. The number of hydrogen-bond donors (Lipinski definition) is 3. The summed E-state index contributed by atoms with van der Waals surface area (Å²) in [5, 5.41) is 20.0. The molecule has 6 nitrogen and oxygen atoms in total. The van der Waals surface area contributed by atoms with Crippen LogP contribution in [0, 0.1) is 5.92 Å². The number of amides is 1. The highest BCUT2D eigenvalue weighted by molar-refractivity contribution is 6.33. The number of halogens is 1. The molecule has 1 aliphatic rings. The van der Waals surface area contributed by atoms with E-state index in [4.69, 9.17) is 11.6 Å². The molecule has 3 aromatic rings. The fraction of sp³-hybridized carbons (Fsp3) is 0.385. The zero-order chi connectivity index (χ0) is 23.3. The number of ether oxygens (including phenoxy) is 1. The maximum Gasteiger partial charge on any atom is 0.406 e. The molecule has 3 N–H and O–H groups in total. The van der Waals surface area contributed by atoms with Crippen molar-refractivity contribution < 1.29 is 14.6 Å². The third-order valence-electron chi connectivity index (χ3n) is 6.52. The summed E-state index contributed by atoms with van der Waals surface area (Å²) < 4.78 is 4.66. The molecule has 1 saturated heterocycles. The summed E-state index contributed by atoms with van der Waals surface area (Å²) in [7, 11) is 1.34. The van der Waals surface area contributed by atoms with E-state index in [0.717, 1.165) is 53.5 Å². The molecule has 1 aromatic heterocycles. The number of carbonyl (C=O) groups excluding carboxylic acids is 1. The molecule has 2 atom stereocenters. The Bertz CT molecular complexity index is 1120. The minimum absolute atomic E-state index is 0.0232. The Kier molecular flexibility index (Phi) is 7.48. The van der Waals surface area contributed by atoms with E-state index in [1.54, 1.807) is 0 Å². The quantitative estimate of drug-likeness (QED) is 0.431. The second kappa shape index (κ2) is 10.5. The Labute approximate surface area is 199 Å². The van der Waals surface area contributed by atoms with E-state index in [1.165, 1.54) is 7.11 Å². The molecule has 1 aliphatic heterocycles. The standard InChI is InChI=1S/C26H30ClN3O3/c1-33-25(31)29-14-6-12-26(32,20-8-5-13-28-17-20)21-9-4-10-22(27)24(21)19-15-18-7-2-3-11-23(18)30-16-19/h2-4,7,9-11,15-16,20,28,32H,5-6,8,12-14,17H2,1H3,(H,29,31)/t20-,26?/m1/s1. The number of nitrogens with one attached hydrogen (secondary N) is 2. The number of benzene rings is 2. The Balaban J connectivity index is 1.74. The van der Waals surface area contributed by atoms with Crippen LogP contribution in [-0.2, 0) is 10.3 Å². The van der Waals surface area contributed by atoms with Gasteiger partial charge in [0.15, 0.2) is 0 Å². The van der Waals surface area contributed by atoms with Crippen molar-refractivity contribution >= 4 is 28.6 Å².